The van der Waals surface area contributed by atoms with E-state index < -0.39 is 0 Å². The molecule has 0 atom stereocenters. The molecule has 0 amide bonds. The zero-order valence-corrected chi connectivity index (χ0v) is 9.42. The fourth-order valence-electron chi connectivity index (χ4n) is 0.134. The Labute approximate surface area is 78.1 Å². The minimum Gasteiger partial charge on any atom is -0.474 e. The first-order valence-electron chi connectivity index (χ1n) is 4.52. The molecule has 0 rings (SSSR count). The lowest BCUT2D eigenvalue weighted by molar-refractivity contribution is 0.404. The van der Waals surface area contributed by atoms with Crippen molar-refractivity contribution in [2.45, 2.75) is 41.5 Å². The maximum absolute atomic E-state index is 4.57. The van der Waals surface area contributed by atoms with Crippen LogP contribution in [0.25, 0.3) is 0 Å². The second-order valence-corrected chi connectivity index (χ2v) is 2.50. The van der Waals surface area contributed by atoms with Gasteiger partial charge in [-0.2, -0.15) is 0 Å². The molecular weight excluding hydrogens is 148 g/mol. The molecule has 0 N–H and O–H groups in total. The summed E-state index contributed by atoms with van der Waals surface area (Å²) in [5, 5.41) is 0. The van der Waals surface area contributed by atoms with Gasteiger partial charge in [-0.3, -0.25) is 0 Å². The van der Waals surface area contributed by atoms with E-state index in [2.05, 4.69) is 32.1 Å². The van der Waals surface area contributed by atoms with Gasteiger partial charge in [0.25, 0.3) is 0 Å². The van der Waals surface area contributed by atoms with Gasteiger partial charge in [0.2, 0.25) is 0 Å². The summed E-state index contributed by atoms with van der Waals surface area (Å²) < 4.78 is 4.57. The molecule has 1 nitrogen and oxygen atoms in total. The van der Waals surface area contributed by atoms with E-state index in [4.69, 9.17) is 0 Å². The van der Waals surface area contributed by atoms with E-state index in [0.29, 0.717) is 0 Å². The van der Waals surface area contributed by atoms with Crippen molar-refractivity contribution in [2.75, 3.05) is 0 Å². The Morgan fingerprint density at radius 3 is 1.58 bits per heavy atom. The summed E-state index contributed by atoms with van der Waals surface area (Å²) in [6, 6.07) is 0. The van der Waals surface area contributed by atoms with Crippen molar-refractivity contribution in [2.24, 2.45) is 5.92 Å². The molecule has 0 spiro atoms. The van der Waals surface area contributed by atoms with E-state index in [1.807, 2.05) is 20.8 Å². The third-order valence-corrected chi connectivity index (χ3v) is 0.311. The number of rotatable bonds is 2. The molecule has 0 aromatic carbocycles. The molecule has 0 radical (unpaired) electrons. The van der Waals surface area contributed by atoms with Crippen molar-refractivity contribution in [3.8, 4) is 0 Å². The van der Waals surface area contributed by atoms with Gasteiger partial charge in [-0.1, -0.05) is 47.3 Å². The third-order valence-electron chi connectivity index (χ3n) is 0.311. The predicted octanol–water partition coefficient (Wildman–Crippen LogP) is 4.37. The van der Waals surface area contributed by atoms with Crippen LogP contribution in [0.5, 0.6) is 0 Å². The Balaban J connectivity index is -0.000000118. The quantitative estimate of drug-likeness (QED) is 0.562. The average Bonchev–Trinajstić information content (AvgIpc) is 2.04. The van der Waals surface area contributed by atoms with Crippen LogP contribution in [-0.2, 0) is 4.74 Å². The molecule has 0 saturated carbocycles. The average molecular weight is 172 g/mol. The van der Waals surface area contributed by atoms with Crippen LogP contribution in [0.2, 0.25) is 0 Å². The Kier molecular flexibility index (Phi) is 32.5. The summed E-state index contributed by atoms with van der Waals surface area (Å²) in [5.74, 6) is 0.833. The van der Waals surface area contributed by atoms with Crippen molar-refractivity contribution >= 4 is 0 Å². The molecule has 0 aliphatic heterocycles. The van der Waals surface area contributed by atoms with Gasteiger partial charge in [-0.25, -0.2) is 0 Å². The second kappa shape index (κ2) is 22.4. The smallest absolute Gasteiger partial charge is 0.0858 e. The minimum absolute atomic E-state index is 0.833. The Morgan fingerprint density at radius 2 is 1.50 bits per heavy atom. The highest BCUT2D eigenvalue weighted by Crippen LogP contribution is 1.81. The molecule has 0 aliphatic rings. The van der Waals surface area contributed by atoms with Crippen molar-refractivity contribution < 1.29 is 4.74 Å². The molecule has 74 valence electrons. The number of allylic oxidation sites excluding steroid dienone is 1. The first-order chi connectivity index (χ1) is 5.65. The van der Waals surface area contributed by atoms with Gasteiger partial charge in [0.1, 0.15) is 0 Å². The van der Waals surface area contributed by atoms with Crippen LogP contribution in [-0.4, -0.2) is 0 Å². The summed E-state index contributed by atoms with van der Waals surface area (Å²) in [6.07, 6.45) is 4.73. The third kappa shape index (κ3) is 122. The SMILES string of the molecule is C=CO/C=C\C.CC.CC(C)C. The van der Waals surface area contributed by atoms with Crippen molar-refractivity contribution in [3.63, 3.8) is 0 Å². The lowest BCUT2D eigenvalue weighted by atomic mass is 10.3. The normalized spacial score (nSPS) is 7.92. The van der Waals surface area contributed by atoms with Gasteiger partial charge in [0.15, 0.2) is 0 Å². The van der Waals surface area contributed by atoms with Crippen LogP contribution < -0.4 is 0 Å². The van der Waals surface area contributed by atoms with Crippen molar-refractivity contribution in [1.29, 1.82) is 0 Å². The standard InChI is InChI=1S/C5H8O.C4H10.C2H6/c1-3-5-6-4-2;1-4(2)3;1-2/h3-5H,2H2,1H3;4H,1-3H3;1-2H3/b5-3-;;. The second-order valence-electron chi connectivity index (χ2n) is 2.50. The van der Waals surface area contributed by atoms with Gasteiger partial charge < -0.3 is 4.74 Å². The summed E-state index contributed by atoms with van der Waals surface area (Å²) in [4.78, 5) is 0. The van der Waals surface area contributed by atoms with Gasteiger partial charge >= 0.3 is 0 Å². The van der Waals surface area contributed by atoms with E-state index in [1.165, 1.54) is 6.26 Å². The highest BCUT2D eigenvalue weighted by Gasteiger charge is 1.68. The summed E-state index contributed by atoms with van der Waals surface area (Å²) in [6.45, 7) is 15.7. The van der Waals surface area contributed by atoms with Gasteiger partial charge in [0.05, 0.1) is 12.5 Å². The largest absolute Gasteiger partial charge is 0.474 e. The molecule has 0 saturated heterocycles. The zero-order valence-electron chi connectivity index (χ0n) is 9.42. The van der Waals surface area contributed by atoms with Gasteiger partial charge in [-0.15, -0.1) is 0 Å². The van der Waals surface area contributed by atoms with E-state index in [9.17, 15) is 0 Å². The van der Waals surface area contributed by atoms with Crippen LogP contribution in [0.15, 0.2) is 25.2 Å². The molecule has 0 unspecified atom stereocenters. The summed E-state index contributed by atoms with van der Waals surface area (Å²) in [5.41, 5.74) is 0. The Hall–Kier alpha value is -0.720. The fraction of sp³-hybridized carbons (Fsp3) is 0.636. The molecule has 12 heavy (non-hydrogen) atoms. The fourth-order valence-corrected chi connectivity index (χ4v) is 0.134. The highest BCUT2D eigenvalue weighted by atomic mass is 16.5. The summed E-state index contributed by atoms with van der Waals surface area (Å²) >= 11 is 0. The predicted molar refractivity (Wildman–Crippen MR) is 58.0 cm³/mol. The maximum Gasteiger partial charge on any atom is 0.0858 e. The number of ether oxygens (including phenoxy) is 1. The molecule has 0 bridgehead atoms. The van der Waals surface area contributed by atoms with Crippen LogP contribution in [0.1, 0.15) is 41.5 Å². The van der Waals surface area contributed by atoms with Crippen molar-refractivity contribution in [3.05, 3.63) is 25.2 Å². The van der Waals surface area contributed by atoms with Gasteiger partial charge in [-0.05, 0) is 12.8 Å². The Morgan fingerprint density at radius 1 is 1.17 bits per heavy atom. The molecule has 0 aromatic heterocycles. The zero-order chi connectivity index (χ0) is 10.4. The molecule has 0 aliphatic carbocycles. The number of hydrogen-bond acceptors (Lipinski definition) is 1. The molecule has 0 fully saturated rings. The maximum atomic E-state index is 4.57. The van der Waals surface area contributed by atoms with Crippen LogP contribution in [0, 0.1) is 5.92 Å². The van der Waals surface area contributed by atoms with Gasteiger partial charge in [0, 0.05) is 0 Å². The van der Waals surface area contributed by atoms with Crippen LogP contribution >= 0.6 is 0 Å². The van der Waals surface area contributed by atoms with E-state index >= 15 is 0 Å². The first kappa shape index (κ1) is 17.4. The molecule has 0 aromatic rings. The van der Waals surface area contributed by atoms with Crippen LogP contribution in [0.4, 0.5) is 0 Å². The molecule has 1 heteroatoms. The van der Waals surface area contributed by atoms with E-state index in [-0.39, 0.29) is 0 Å². The first-order valence-corrected chi connectivity index (χ1v) is 4.52. The van der Waals surface area contributed by atoms with Crippen molar-refractivity contribution in [1.82, 2.24) is 0 Å². The topological polar surface area (TPSA) is 9.23 Å². The lowest BCUT2D eigenvalue weighted by Crippen LogP contribution is -1.66. The Bertz CT molecular complexity index is 80.3. The molecular formula is C11H24O. The molecule has 0 heterocycles. The van der Waals surface area contributed by atoms with Crippen LogP contribution in [0.3, 0.4) is 0 Å². The highest BCUT2D eigenvalue weighted by molar-refractivity contribution is 4.68. The lowest BCUT2D eigenvalue weighted by Gasteiger charge is -1.79. The summed E-state index contributed by atoms with van der Waals surface area (Å²) in [7, 11) is 0. The van der Waals surface area contributed by atoms with E-state index in [0.717, 1.165) is 5.92 Å². The number of hydrogen-bond donors (Lipinski definition) is 0. The van der Waals surface area contributed by atoms with E-state index in [1.54, 1.807) is 12.3 Å². The monoisotopic (exact) mass is 172 g/mol. The minimum atomic E-state index is 0.833.